The van der Waals surface area contributed by atoms with Crippen molar-refractivity contribution in [3.8, 4) is 0 Å². The summed E-state index contributed by atoms with van der Waals surface area (Å²) in [5.41, 5.74) is 8.63. The van der Waals surface area contributed by atoms with Crippen molar-refractivity contribution in [3.63, 3.8) is 0 Å². The van der Waals surface area contributed by atoms with E-state index in [1.807, 2.05) is 121 Å². The summed E-state index contributed by atoms with van der Waals surface area (Å²) in [4.78, 5) is 31.6. The molecule has 75 heavy (non-hydrogen) atoms. The van der Waals surface area contributed by atoms with Gasteiger partial charge in [0, 0.05) is 63.8 Å². The van der Waals surface area contributed by atoms with Crippen molar-refractivity contribution in [2.75, 3.05) is 5.32 Å². The molecule has 3 N–H and O–H groups in total. The third-order valence-corrected chi connectivity index (χ3v) is 17.4. The van der Waals surface area contributed by atoms with Crippen LogP contribution in [0, 0.1) is 63.8 Å². The molecule has 0 unspecified atom stereocenters. The van der Waals surface area contributed by atoms with E-state index >= 15 is 0 Å². The fourth-order valence-corrected chi connectivity index (χ4v) is 13.5. The van der Waals surface area contributed by atoms with Crippen LogP contribution in [0.2, 0.25) is 0 Å². The molecular formula is C59H72N4O10S2-2. The van der Waals surface area contributed by atoms with E-state index in [0.717, 1.165) is 72.5 Å². The highest BCUT2D eigenvalue weighted by Crippen LogP contribution is 2.44. The molecule has 1 aliphatic carbocycles. The quantitative estimate of drug-likeness (QED) is 0.106. The fourth-order valence-electron chi connectivity index (χ4n) is 12.2. The molecule has 16 heteroatoms. The fraction of sp³-hybridized carbons (Fsp3) is 0.441. The molecule has 0 amide bonds. The Balaban J connectivity index is 1.23. The maximum atomic E-state index is 14.0. The van der Waals surface area contributed by atoms with Crippen LogP contribution < -0.4 is 5.32 Å². The number of carbonyl (C=O) groups excluding carboxylic acids is 2. The number of ketones is 2. The summed E-state index contributed by atoms with van der Waals surface area (Å²) in [6.45, 7) is 26.9. The SMILES string of the molecule is Cc1cc(C)c(N=C2C=CC(=C(c3ccc(Nc4c(C)cc(C)c(CC(=O)C5CC(C)(C)N([O-])C(C)(C)C5)c4C)cc3)c3ccc(S(=O)(=O)O)cc3S(=O)(=O)O)C=C2)c(C)c1CC(=O)C1CC(C)(C)N([O-])C(C)(C)C1. The number of hydrogen-bond donors (Lipinski definition) is 3. The number of piperidine rings is 2. The Morgan fingerprint density at radius 2 is 1.07 bits per heavy atom. The van der Waals surface area contributed by atoms with Gasteiger partial charge in [-0.15, -0.1) is 0 Å². The Bertz CT molecular complexity index is 3290. The van der Waals surface area contributed by atoms with E-state index in [1.165, 1.54) is 6.07 Å². The number of anilines is 2. The summed E-state index contributed by atoms with van der Waals surface area (Å²) in [5, 5.41) is 31.9. The zero-order valence-electron chi connectivity index (χ0n) is 45.7. The van der Waals surface area contributed by atoms with E-state index in [9.17, 15) is 45.9 Å². The second-order valence-corrected chi connectivity index (χ2v) is 26.4. The Morgan fingerprint density at radius 1 is 0.613 bits per heavy atom. The third kappa shape index (κ3) is 11.9. The number of hydroxylamine groups is 4. The van der Waals surface area contributed by atoms with Crippen LogP contribution in [0.15, 0.2) is 99.3 Å². The predicted molar refractivity (Wildman–Crippen MR) is 298 cm³/mol. The number of hydrogen-bond acceptors (Lipinski definition) is 12. The number of rotatable bonds is 13. The van der Waals surface area contributed by atoms with E-state index in [1.54, 1.807) is 36.4 Å². The average molecular weight is 1060 g/mol. The largest absolute Gasteiger partial charge is 0.784 e. The van der Waals surface area contributed by atoms with Gasteiger partial charge in [-0.3, -0.25) is 18.7 Å². The summed E-state index contributed by atoms with van der Waals surface area (Å²) in [6, 6.07) is 14.2. The van der Waals surface area contributed by atoms with Gasteiger partial charge in [-0.25, -0.2) is 4.99 Å². The molecule has 7 rings (SSSR count). The van der Waals surface area contributed by atoms with E-state index < -0.39 is 52.2 Å². The summed E-state index contributed by atoms with van der Waals surface area (Å²) < 4.78 is 71.1. The Morgan fingerprint density at radius 3 is 1.52 bits per heavy atom. The highest BCUT2D eigenvalue weighted by Gasteiger charge is 2.44. The molecule has 402 valence electrons. The van der Waals surface area contributed by atoms with Crippen molar-refractivity contribution < 1.29 is 35.5 Å². The van der Waals surface area contributed by atoms with Crippen LogP contribution in [0.3, 0.4) is 0 Å². The number of aryl methyl sites for hydroxylation is 4. The van der Waals surface area contributed by atoms with Crippen LogP contribution in [0.25, 0.3) is 5.57 Å². The first-order valence-electron chi connectivity index (χ1n) is 25.4. The Kier molecular flexibility index (Phi) is 15.7. The standard InChI is InChI=1S/C59H72N4O10S2/c1-34-25-36(3)54(38(5)48(34)28-50(64)42-30-56(7,8)62(66)57(9,10)31-42)60-44-19-15-40(16-20-44)53(47-24-23-46(74(68,69)70)27-52(47)75(71,72)73)41-17-21-45(22-18-41)61-55-37(4)26-35(2)49(39(55)6)29-51(65)43-32-58(11,12)63(67)59(13,14)33-43/h15-27,42-43,60H,28-33H2,1-14H3,(H,68,69,70)(H,71,72,73)/q-2. The van der Waals surface area contributed by atoms with Crippen LogP contribution >= 0.6 is 0 Å². The first kappa shape index (κ1) is 57.3. The van der Waals surface area contributed by atoms with Crippen molar-refractivity contribution in [2.24, 2.45) is 16.8 Å². The second-order valence-electron chi connectivity index (χ2n) is 23.6. The molecule has 2 fully saturated rings. The van der Waals surface area contributed by atoms with Crippen molar-refractivity contribution in [2.45, 2.75) is 167 Å². The summed E-state index contributed by atoms with van der Waals surface area (Å²) >= 11 is 0. The molecule has 0 aromatic heterocycles. The zero-order chi connectivity index (χ0) is 55.7. The molecule has 2 heterocycles. The Hall–Kier alpha value is -5.43. The monoisotopic (exact) mass is 1060 g/mol. The maximum absolute atomic E-state index is 14.0. The van der Waals surface area contributed by atoms with Gasteiger partial charge in [0.25, 0.3) is 20.2 Å². The molecular weight excluding hydrogens is 989 g/mol. The summed E-state index contributed by atoms with van der Waals surface area (Å²) in [6.07, 6.45) is 9.28. The number of allylic oxidation sites excluding steroid dienone is 5. The molecule has 0 radical (unpaired) electrons. The molecule has 14 nitrogen and oxygen atoms in total. The van der Waals surface area contributed by atoms with Gasteiger partial charge in [0.15, 0.2) is 0 Å². The smallest absolute Gasteiger partial charge is 0.295 e. The number of aliphatic imine (C=N–C) groups is 1. The predicted octanol–water partition coefficient (Wildman–Crippen LogP) is 12.2. The summed E-state index contributed by atoms with van der Waals surface area (Å²) in [7, 11) is -9.95. The Labute approximate surface area is 443 Å². The maximum Gasteiger partial charge on any atom is 0.295 e. The average Bonchev–Trinajstić information content (AvgIpc) is 3.30. The van der Waals surface area contributed by atoms with Crippen molar-refractivity contribution in [3.05, 3.63) is 151 Å². The van der Waals surface area contributed by atoms with Gasteiger partial charge in [0.1, 0.15) is 16.5 Å². The number of nitrogens with one attached hydrogen (secondary N) is 1. The normalized spacial score (nSPS) is 19.1. The number of carbonyl (C=O) groups is 2. The molecule has 0 atom stereocenters. The lowest BCUT2D eigenvalue weighted by atomic mass is 9.72. The van der Waals surface area contributed by atoms with E-state index in [0.29, 0.717) is 59.5 Å². The number of nitrogens with zero attached hydrogens (tertiary/aromatic N) is 3. The summed E-state index contributed by atoms with van der Waals surface area (Å²) in [5.74, 6) is -0.379. The molecule has 3 aliphatic rings. The highest BCUT2D eigenvalue weighted by atomic mass is 32.2. The minimum absolute atomic E-state index is 0.0326. The van der Waals surface area contributed by atoms with Crippen LogP contribution in [0.1, 0.15) is 137 Å². The second kappa shape index (κ2) is 20.5. The molecule has 0 saturated carbocycles. The van der Waals surface area contributed by atoms with Gasteiger partial charge in [0.05, 0.1) is 16.3 Å². The van der Waals surface area contributed by atoms with Crippen LogP contribution in [-0.4, -0.2) is 75.5 Å². The third-order valence-electron chi connectivity index (χ3n) is 15.7. The van der Waals surface area contributed by atoms with Gasteiger partial charge in [0.2, 0.25) is 0 Å². The molecule has 4 aromatic carbocycles. The molecule has 2 saturated heterocycles. The van der Waals surface area contributed by atoms with Gasteiger partial charge in [-0.05, 0) is 220 Å². The van der Waals surface area contributed by atoms with Gasteiger partial charge < -0.3 is 25.9 Å². The molecule has 4 aromatic rings. The first-order valence-corrected chi connectivity index (χ1v) is 28.3. The highest BCUT2D eigenvalue weighted by molar-refractivity contribution is 7.86. The molecule has 2 aliphatic heterocycles. The van der Waals surface area contributed by atoms with Gasteiger partial charge in [-0.2, -0.15) is 16.8 Å². The molecule has 0 spiro atoms. The molecule has 0 bridgehead atoms. The van der Waals surface area contributed by atoms with Crippen molar-refractivity contribution >= 4 is 60.1 Å². The van der Waals surface area contributed by atoms with Gasteiger partial charge >= 0.3 is 0 Å². The van der Waals surface area contributed by atoms with Crippen LogP contribution in [-0.2, 0) is 42.7 Å². The van der Waals surface area contributed by atoms with E-state index in [-0.39, 0.29) is 41.8 Å². The number of benzene rings is 4. The van der Waals surface area contributed by atoms with E-state index in [2.05, 4.69) is 5.32 Å². The zero-order valence-corrected chi connectivity index (χ0v) is 47.4. The number of Topliss-reactive ketones (excluding diaryl/α,β-unsaturated/α-hetero) is 2. The lowest BCUT2D eigenvalue weighted by Gasteiger charge is -2.59. The van der Waals surface area contributed by atoms with Crippen LogP contribution in [0.4, 0.5) is 17.1 Å². The first-order chi connectivity index (χ1) is 34.5. The van der Waals surface area contributed by atoms with Gasteiger partial charge in [-0.1, -0.05) is 42.5 Å². The lowest BCUT2D eigenvalue weighted by molar-refractivity contribution is -0.129. The van der Waals surface area contributed by atoms with Crippen molar-refractivity contribution in [1.29, 1.82) is 0 Å². The van der Waals surface area contributed by atoms with E-state index in [4.69, 9.17) is 4.99 Å². The van der Waals surface area contributed by atoms with Crippen LogP contribution in [0.5, 0.6) is 0 Å². The lowest BCUT2D eigenvalue weighted by Crippen LogP contribution is -2.58. The minimum Gasteiger partial charge on any atom is -0.784 e. The topological polar surface area (TPSA) is 220 Å². The van der Waals surface area contributed by atoms with Crippen molar-refractivity contribution in [1.82, 2.24) is 10.1 Å². The minimum atomic E-state index is -5.08.